The first-order valence-electron chi connectivity index (χ1n) is 12.4. The van der Waals surface area contributed by atoms with E-state index in [-0.39, 0.29) is 37.7 Å². The minimum atomic E-state index is -1.11. The first-order valence-corrected chi connectivity index (χ1v) is 12.4. The second-order valence-corrected chi connectivity index (χ2v) is 8.22. The number of para-hydroxylation sites is 1. The van der Waals surface area contributed by atoms with Crippen LogP contribution in [0.25, 0.3) is 0 Å². The molecule has 0 radical (unpaired) electrons. The van der Waals surface area contributed by atoms with E-state index in [4.69, 9.17) is 38.9 Å². The summed E-state index contributed by atoms with van der Waals surface area (Å²) in [7, 11) is 0. The van der Waals surface area contributed by atoms with Crippen molar-refractivity contribution in [1.82, 2.24) is 0 Å². The lowest BCUT2D eigenvalue weighted by Gasteiger charge is -2.17. The molecule has 2 aromatic rings. The minimum Gasteiger partial charge on any atom is -0.458 e. The van der Waals surface area contributed by atoms with Gasteiger partial charge in [0.25, 0.3) is 0 Å². The molecule has 2 N–H and O–H groups in total. The van der Waals surface area contributed by atoms with Gasteiger partial charge in [0.2, 0.25) is 0 Å². The molecule has 0 unspecified atom stereocenters. The summed E-state index contributed by atoms with van der Waals surface area (Å²) in [5, 5.41) is 0. The molecule has 2 rings (SSSR count). The minimum absolute atomic E-state index is 0.0105. The van der Waals surface area contributed by atoms with Crippen LogP contribution in [0.4, 0.5) is 14.4 Å². The maximum Gasteiger partial charge on any atom is 0.513 e. The quantitative estimate of drug-likeness (QED) is 0.212. The third-order valence-electron chi connectivity index (χ3n) is 4.70. The largest absolute Gasteiger partial charge is 0.513 e. The van der Waals surface area contributed by atoms with Crippen molar-refractivity contribution in [2.24, 2.45) is 5.73 Å². The number of esters is 1. The van der Waals surface area contributed by atoms with Crippen molar-refractivity contribution in [2.45, 2.75) is 52.2 Å². The average molecular weight is 548 g/mol. The summed E-state index contributed by atoms with van der Waals surface area (Å²) in [6.45, 7) is 5.20. The van der Waals surface area contributed by atoms with E-state index in [9.17, 15) is 19.2 Å². The fraction of sp³-hybridized carbons (Fsp3) is 0.407. The van der Waals surface area contributed by atoms with Crippen molar-refractivity contribution in [3.63, 3.8) is 0 Å². The van der Waals surface area contributed by atoms with Gasteiger partial charge in [0.15, 0.2) is 11.5 Å². The van der Waals surface area contributed by atoms with E-state index < -0.39 is 36.6 Å². The van der Waals surface area contributed by atoms with E-state index in [2.05, 4.69) is 0 Å². The Bertz CT molecular complexity index is 1090. The maximum atomic E-state index is 12.5. The van der Waals surface area contributed by atoms with Crippen LogP contribution in [0.1, 0.15) is 39.2 Å². The van der Waals surface area contributed by atoms with Crippen molar-refractivity contribution >= 4 is 24.4 Å². The fourth-order valence-corrected chi connectivity index (χ4v) is 2.91. The fourth-order valence-electron chi connectivity index (χ4n) is 2.91. The van der Waals surface area contributed by atoms with Gasteiger partial charge in [0.05, 0.1) is 13.2 Å². The van der Waals surface area contributed by atoms with E-state index in [1.807, 2.05) is 13.8 Å². The van der Waals surface area contributed by atoms with Crippen LogP contribution in [0.5, 0.6) is 17.2 Å². The van der Waals surface area contributed by atoms with Crippen molar-refractivity contribution in [1.29, 1.82) is 0 Å². The van der Waals surface area contributed by atoms with Gasteiger partial charge in [-0.2, -0.15) is 0 Å². The molecule has 0 aliphatic carbocycles. The highest BCUT2D eigenvalue weighted by Gasteiger charge is 2.22. The van der Waals surface area contributed by atoms with E-state index in [0.29, 0.717) is 24.2 Å². The van der Waals surface area contributed by atoms with Gasteiger partial charge in [0, 0.05) is 0 Å². The van der Waals surface area contributed by atoms with Gasteiger partial charge in [-0.05, 0) is 56.0 Å². The summed E-state index contributed by atoms with van der Waals surface area (Å²) >= 11 is 0. The predicted molar refractivity (Wildman–Crippen MR) is 137 cm³/mol. The van der Waals surface area contributed by atoms with Crippen LogP contribution >= 0.6 is 0 Å². The van der Waals surface area contributed by atoms with Crippen LogP contribution in [0.2, 0.25) is 0 Å². The zero-order valence-electron chi connectivity index (χ0n) is 22.1. The zero-order chi connectivity index (χ0) is 28.6. The standard InChI is InChI=1S/C27H33NO11/c1-4-13-33-25(30)38-22-12-11-19(16-23(22)39-26(31)34-14-5-2)15-21(28)24(29)36-18(3)17-35-27(32)37-20-9-7-6-8-10-20/h6-12,16,18,21H,4-5,13-15,17,28H2,1-3H3/t18-,21-/m0/s1. The SMILES string of the molecule is CCCOC(=O)Oc1ccc(C[C@H](N)C(=O)O[C@@H](C)COC(=O)Oc2ccccc2)cc1OC(=O)OCCC. The first kappa shape index (κ1) is 30.9. The van der Waals surface area contributed by atoms with Crippen LogP contribution in [0, 0.1) is 0 Å². The lowest BCUT2D eigenvalue weighted by molar-refractivity contribution is -0.151. The average Bonchev–Trinajstić information content (AvgIpc) is 2.91. The van der Waals surface area contributed by atoms with Crippen LogP contribution < -0.4 is 19.9 Å². The Morgan fingerprint density at radius 2 is 1.36 bits per heavy atom. The first-order chi connectivity index (χ1) is 18.7. The van der Waals surface area contributed by atoms with Gasteiger partial charge >= 0.3 is 24.4 Å². The molecule has 212 valence electrons. The smallest absolute Gasteiger partial charge is 0.458 e. The lowest BCUT2D eigenvalue weighted by atomic mass is 10.1. The van der Waals surface area contributed by atoms with E-state index in [1.165, 1.54) is 25.1 Å². The zero-order valence-corrected chi connectivity index (χ0v) is 22.1. The van der Waals surface area contributed by atoms with Crippen molar-refractivity contribution < 1.29 is 52.3 Å². The molecule has 0 spiro atoms. The summed E-state index contributed by atoms with van der Waals surface area (Å²) in [6.07, 6.45) is -2.55. The second-order valence-electron chi connectivity index (χ2n) is 8.22. The Morgan fingerprint density at radius 1 is 0.769 bits per heavy atom. The molecule has 39 heavy (non-hydrogen) atoms. The number of hydrogen-bond donors (Lipinski definition) is 1. The van der Waals surface area contributed by atoms with Gasteiger partial charge in [-0.15, -0.1) is 0 Å². The van der Waals surface area contributed by atoms with E-state index >= 15 is 0 Å². The highest BCUT2D eigenvalue weighted by molar-refractivity contribution is 5.76. The Morgan fingerprint density at radius 3 is 1.97 bits per heavy atom. The van der Waals surface area contributed by atoms with Crippen molar-refractivity contribution in [2.75, 3.05) is 19.8 Å². The van der Waals surface area contributed by atoms with E-state index in [0.717, 1.165) is 0 Å². The third kappa shape index (κ3) is 11.7. The monoisotopic (exact) mass is 547 g/mol. The topological polar surface area (TPSA) is 159 Å². The molecule has 0 aliphatic rings. The van der Waals surface area contributed by atoms with Gasteiger partial charge < -0.3 is 38.9 Å². The van der Waals surface area contributed by atoms with Crippen LogP contribution in [0.3, 0.4) is 0 Å². The lowest BCUT2D eigenvalue weighted by Crippen LogP contribution is -2.37. The number of carbonyl (C=O) groups is 4. The number of nitrogens with two attached hydrogens (primary N) is 1. The Hall–Kier alpha value is -4.32. The van der Waals surface area contributed by atoms with Crippen LogP contribution in [-0.2, 0) is 30.2 Å². The molecule has 0 bridgehead atoms. The summed E-state index contributed by atoms with van der Waals surface area (Å²) in [4.78, 5) is 48.2. The second kappa shape index (κ2) is 16.5. The molecule has 0 saturated carbocycles. The molecular formula is C27H33NO11. The number of rotatable bonds is 13. The Labute approximate surface area is 226 Å². The third-order valence-corrected chi connectivity index (χ3v) is 4.70. The highest BCUT2D eigenvalue weighted by atomic mass is 16.7. The molecule has 0 aliphatic heterocycles. The predicted octanol–water partition coefficient (Wildman–Crippen LogP) is 4.55. The van der Waals surface area contributed by atoms with Crippen LogP contribution in [0.15, 0.2) is 48.5 Å². The number of ether oxygens (including phenoxy) is 7. The number of benzene rings is 2. The van der Waals surface area contributed by atoms with E-state index in [1.54, 1.807) is 30.3 Å². The molecule has 2 atom stereocenters. The number of hydrogen-bond acceptors (Lipinski definition) is 12. The van der Waals surface area contributed by atoms with Crippen LogP contribution in [-0.4, -0.2) is 56.4 Å². The summed E-state index contributed by atoms with van der Waals surface area (Å²) in [5.41, 5.74) is 6.48. The molecule has 0 amide bonds. The van der Waals surface area contributed by atoms with Gasteiger partial charge in [-0.25, -0.2) is 14.4 Å². The molecule has 0 fully saturated rings. The Balaban J connectivity index is 1.95. The number of carbonyl (C=O) groups excluding carboxylic acids is 4. The molecular weight excluding hydrogens is 514 g/mol. The summed E-state index contributed by atoms with van der Waals surface area (Å²) in [6, 6.07) is 11.5. The van der Waals surface area contributed by atoms with Gasteiger partial charge in [-0.1, -0.05) is 38.1 Å². The molecule has 0 heterocycles. The summed E-state index contributed by atoms with van der Waals surface area (Å²) in [5.74, 6) is -0.653. The highest BCUT2D eigenvalue weighted by Crippen LogP contribution is 2.30. The Kier molecular flexibility index (Phi) is 13.1. The van der Waals surface area contributed by atoms with Crippen molar-refractivity contribution in [3.8, 4) is 17.2 Å². The summed E-state index contributed by atoms with van der Waals surface area (Å²) < 4.78 is 35.3. The van der Waals surface area contributed by atoms with Gasteiger partial charge in [-0.3, -0.25) is 4.79 Å². The molecule has 2 aromatic carbocycles. The normalized spacial score (nSPS) is 11.9. The molecule has 0 saturated heterocycles. The maximum absolute atomic E-state index is 12.5. The van der Waals surface area contributed by atoms with Gasteiger partial charge in [0.1, 0.15) is 24.5 Å². The molecule has 12 nitrogen and oxygen atoms in total. The van der Waals surface area contributed by atoms with Crippen molar-refractivity contribution in [3.05, 3.63) is 54.1 Å². The molecule has 12 heteroatoms. The molecule has 0 aromatic heterocycles.